The fourth-order valence-corrected chi connectivity index (χ4v) is 1.16. The van der Waals surface area contributed by atoms with Crippen molar-refractivity contribution in [2.75, 3.05) is 20.1 Å². The van der Waals surface area contributed by atoms with Gasteiger partial charge in [-0.05, 0) is 7.05 Å². The van der Waals surface area contributed by atoms with Gasteiger partial charge in [0, 0.05) is 19.2 Å². The SMILES string of the molecule is CNCCNC(=O)c1c(F)c(F)cc(F)c1F. The molecule has 0 unspecified atom stereocenters. The van der Waals surface area contributed by atoms with E-state index in [1.807, 2.05) is 0 Å². The van der Waals surface area contributed by atoms with Crippen LogP contribution in [0.5, 0.6) is 0 Å². The Hall–Kier alpha value is -1.63. The van der Waals surface area contributed by atoms with Gasteiger partial charge >= 0.3 is 0 Å². The maximum atomic E-state index is 13.1. The topological polar surface area (TPSA) is 41.1 Å². The Morgan fingerprint density at radius 2 is 1.65 bits per heavy atom. The molecule has 0 bridgehead atoms. The molecular weight excluding hydrogens is 240 g/mol. The molecule has 0 spiro atoms. The molecule has 3 nitrogen and oxygen atoms in total. The van der Waals surface area contributed by atoms with Crippen LogP contribution in [0.1, 0.15) is 10.4 Å². The average molecular weight is 250 g/mol. The van der Waals surface area contributed by atoms with Crippen LogP contribution in [0, 0.1) is 23.3 Å². The first-order chi connectivity index (χ1) is 7.99. The van der Waals surface area contributed by atoms with Crippen molar-refractivity contribution in [1.29, 1.82) is 0 Å². The molecule has 17 heavy (non-hydrogen) atoms. The molecule has 0 aliphatic rings. The number of carbonyl (C=O) groups excluding carboxylic acids is 1. The summed E-state index contributed by atoms with van der Waals surface area (Å²) in [6.45, 7) is 0.430. The third-order valence-electron chi connectivity index (χ3n) is 2.00. The highest BCUT2D eigenvalue weighted by atomic mass is 19.2. The molecule has 2 N–H and O–H groups in total. The number of halogens is 4. The van der Waals surface area contributed by atoms with Gasteiger partial charge in [0.2, 0.25) is 0 Å². The molecule has 0 aliphatic carbocycles. The summed E-state index contributed by atoms with van der Waals surface area (Å²) < 4.78 is 51.9. The Labute approximate surface area is 94.8 Å². The number of nitrogens with one attached hydrogen (secondary N) is 2. The maximum absolute atomic E-state index is 13.1. The Morgan fingerprint density at radius 1 is 1.12 bits per heavy atom. The highest BCUT2D eigenvalue weighted by molar-refractivity contribution is 5.94. The van der Waals surface area contributed by atoms with Crippen LogP contribution in [0.15, 0.2) is 6.07 Å². The van der Waals surface area contributed by atoms with E-state index in [0.717, 1.165) is 0 Å². The monoisotopic (exact) mass is 250 g/mol. The van der Waals surface area contributed by atoms with E-state index in [-0.39, 0.29) is 12.6 Å². The highest BCUT2D eigenvalue weighted by Gasteiger charge is 2.24. The molecule has 0 aromatic heterocycles. The lowest BCUT2D eigenvalue weighted by Gasteiger charge is -2.07. The average Bonchev–Trinajstić information content (AvgIpc) is 2.27. The minimum absolute atomic E-state index is 0.0506. The van der Waals surface area contributed by atoms with Gasteiger partial charge in [-0.2, -0.15) is 0 Å². The zero-order valence-corrected chi connectivity index (χ0v) is 8.91. The molecule has 0 aliphatic heterocycles. The van der Waals surface area contributed by atoms with Gasteiger partial charge in [-0.3, -0.25) is 4.79 Å². The summed E-state index contributed by atoms with van der Waals surface area (Å²) in [5, 5.41) is 4.80. The number of benzene rings is 1. The molecule has 1 aromatic carbocycles. The molecule has 0 saturated heterocycles. The van der Waals surface area contributed by atoms with Gasteiger partial charge < -0.3 is 10.6 Å². The van der Waals surface area contributed by atoms with E-state index in [4.69, 9.17) is 0 Å². The first-order valence-electron chi connectivity index (χ1n) is 4.74. The summed E-state index contributed by atoms with van der Waals surface area (Å²) in [7, 11) is 1.61. The molecule has 0 heterocycles. The van der Waals surface area contributed by atoms with Crippen molar-refractivity contribution >= 4 is 5.91 Å². The predicted molar refractivity (Wildman–Crippen MR) is 52.5 cm³/mol. The van der Waals surface area contributed by atoms with Gasteiger partial charge in [-0.25, -0.2) is 17.6 Å². The van der Waals surface area contributed by atoms with E-state index in [2.05, 4.69) is 10.6 Å². The summed E-state index contributed by atoms with van der Waals surface area (Å²) in [6, 6.07) is 0.0506. The third kappa shape index (κ3) is 2.94. The molecule has 1 amide bonds. The zero-order chi connectivity index (χ0) is 13.0. The third-order valence-corrected chi connectivity index (χ3v) is 2.00. The zero-order valence-electron chi connectivity index (χ0n) is 8.91. The number of hydrogen-bond acceptors (Lipinski definition) is 2. The van der Waals surface area contributed by atoms with Crippen molar-refractivity contribution in [2.24, 2.45) is 0 Å². The summed E-state index contributed by atoms with van der Waals surface area (Å²) >= 11 is 0. The summed E-state index contributed by atoms with van der Waals surface area (Å²) in [5.74, 6) is -7.82. The number of hydrogen-bond donors (Lipinski definition) is 2. The van der Waals surface area contributed by atoms with E-state index < -0.39 is 34.7 Å². The van der Waals surface area contributed by atoms with Gasteiger partial charge in [-0.1, -0.05) is 0 Å². The molecule has 0 radical (unpaired) electrons. The molecule has 1 aromatic rings. The van der Waals surface area contributed by atoms with Crippen LogP contribution in [0.3, 0.4) is 0 Å². The van der Waals surface area contributed by atoms with Crippen LogP contribution in [-0.2, 0) is 0 Å². The molecule has 94 valence electrons. The Bertz CT molecular complexity index is 411. The maximum Gasteiger partial charge on any atom is 0.257 e. The van der Waals surface area contributed by atoms with E-state index in [1.165, 1.54) is 0 Å². The Balaban J connectivity index is 3.00. The van der Waals surface area contributed by atoms with Crippen LogP contribution in [0.25, 0.3) is 0 Å². The number of carbonyl (C=O) groups is 1. The van der Waals surface area contributed by atoms with Crippen molar-refractivity contribution in [2.45, 2.75) is 0 Å². The standard InChI is InChI=1S/C10H10F4N2O/c1-15-2-3-16-10(17)7-8(13)5(11)4-6(12)9(7)14/h4,15H,2-3H2,1H3,(H,16,17). The van der Waals surface area contributed by atoms with Gasteiger partial charge in [0.05, 0.1) is 0 Å². The van der Waals surface area contributed by atoms with Gasteiger partial charge in [-0.15, -0.1) is 0 Å². The van der Waals surface area contributed by atoms with Crippen LogP contribution in [0.4, 0.5) is 17.6 Å². The molecule has 0 fully saturated rings. The van der Waals surface area contributed by atoms with Crippen molar-refractivity contribution < 1.29 is 22.4 Å². The van der Waals surface area contributed by atoms with Crippen molar-refractivity contribution in [3.63, 3.8) is 0 Å². The second kappa shape index (κ2) is 5.62. The molecule has 0 saturated carbocycles. The van der Waals surface area contributed by atoms with E-state index in [1.54, 1.807) is 7.05 Å². The molecule has 7 heteroatoms. The van der Waals surface area contributed by atoms with Crippen molar-refractivity contribution in [3.8, 4) is 0 Å². The van der Waals surface area contributed by atoms with Crippen LogP contribution in [0.2, 0.25) is 0 Å². The number of amides is 1. The minimum atomic E-state index is -1.70. The van der Waals surface area contributed by atoms with Crippen LogP contribution in [-0.4, -0.2) is 26.0 Å². The first-order valence-corrected chi connectivity index (χ1v) is 4.74. The second-order valence-corrected chi connectivity index (χ2v) is 3.20. The normalized spacial score (nSPS) is 10.4. The van der Waals surface area contributed by atoms with Gasteiger partial charge in [0.25, 0.3) is 5.91 Å². The fourth-order valence-electron chi connectivity index (χ4n) is 1.16. The Kier molecular flexibility index (Phi) is 4.45. The van der Waals surface area contributed by atoms with Crippen molar-refractivity contribution in [1.82, 2.24) is 10.6 Å². The second-order valence-electron chi connectivity index (χ2n) is 3.20. The van der Waals surface area contributed by atoms with Gasteiger partial charge in [0.15, 0.2) is 23.3 Å². The quantitative estimate of drug-likeness (QED) is 0.479. The smallest absolute Gasteiger partial charge is 0.257 e. The predicted octanol–water partition coefficient (Wildman–Crippen LogP) is 1.19. The van der Waals surface area contributed by atoms with Crippen molar-refractivity contribution in [3.05, 3.63) is 34.9 Å². The summed E-state index contributed by atoms with van der Waals surface area (Å²) in [6.07, 6.45) is 0. The first kappa shape index (κ1) is 13.4. The lowest BCUT2D eigenvalue weighted by atomic mass is 10.1. The summed E-state index contributed by atoms with van der Waals surface area (Å²) in [4.78, 5) is 11.3. The molecule has 0 atom stereocenters. The van der Waals surface area contributed by atoms with E-state index in [0.29, 0.717) is 6.54 Å². The number of likely N-dealkylation sites (N-methyl/N-ethyl adjacent to an activating group) is 1. The largest absolute Gasteiger partial charge is 0.351 e. The minimum Gasteiger partial charge on any atom is -0.351 e. The lowest BCUT2D eigenvalue weighted by molar-refractivity contribution is 0.0943. The van der Waals surface area contributed by atoms with E-state index >= 15 is 0 Å². The summed E-state index contributed by atoms with van der Waals surface area (Å²) in [5.41, 5.74) is -1.25. The van der Waals surface area contributed by atoms with E-state index in [9.17, 15) is 22.4 Å². The highest BCUT2D eigenvalue weighted by Crippen LogP contribution is 2.18. The number of rotatable bonds is 4. The molecular formula is C10H10F4N2O. The van der Waals surface area contributed by atoms with Crippen LogP contribution >= 0.6 is 0 Å². The van der Waals surface area contributed by atoms with Crippen LogP contribution < -0.4 is 10.6 Å². The van der Waals surface area contributed by atoms with Gasteiger partial charge in [0.1, 0.15) is 5.56 Å². The Morgan fingerprint density at radius 3 is 2.12 bits per heavy atom. The molecule has 1 rings (SSSR count). The fraction of sp³-hybridized carbons (Fsp3) is 0.300. The lowest BCUT2D eigenvalue weighted by Crippen LogP contribution is -2.32.